The number of aromatic nitrogens is 2. The standard InChI is InChI=1S/C23H26N6O4/c1-28-6-2-5-18(28)14-33-20-9-21(26-11-17(20)10-24)29(23(25)32)7-3-4-15-8-16(12-30)19(13-31)27-22(15)29/h8-9,11,13,18,30H,2-7,12,14H2,1H3,(H-,25,32)/p+1/t18?,29-/m0/s1. The molecule has 0 aromatic carbocycles. The summed E-state index contributed by atoms with van der Waals surface area (Å²) in [6, 6.07) is 4.91. The molecule has 4 rings (SSSR count). The van der Waals surface area contributed by atoms with Crippen LogP contribution in [0.25, 0.3) is 0 Å². The number of hydrogen-bond acceptors (Lipinski definition) is 8. The van der Waals surface area contributed by atoms with Crippen LogP contribution < -0.4 is 15.0 Å². The number of pyridine rings is 2. The summed E-state index contributed by atoms with van der Waals surface area (Å²) < 4.78 is 5.54. The van der Waals surface area contributed by atoms with Crippen LogP contribution in [0.2, 0.25) is 0 Å². The van der Waals surface area contributed by atoms with Gasteiger partial charge in [0, 0.05) is 23.6 Å². The monoisotopic (exact) mass is 451 g/mol. The third-order valence-electron chi connectivity index (χ3n) is 6.62. The number of likely N-dealkylation sites (tertiary alicyclic amines) is 1. The van der Waals surface area contributed by atoms with Gasteiger partial charge in [-0.1, -0.05) is 0 Å². The van der Waals surface area contributed by atoms with Crippen molar-refractivity contribution in [2.75, 3.05) is 26.7 Å². The number of primary amides is 1. The minimum atomic E-state index is -0.698. The molecule has 33 heavy (non-hydrogen) atoms. The number of fused-ring (bicyclic) bond motifs is 1. The first-order valence-corrected chi connectivity index (χ1v) is 11.0. The molecular weight excluding hydrogens is 424 g/mol. The molecule has 3 N–H and O–H groups in total. The molecule has 2 aliphatic heterocycles. The van der Waals surface area contributed by atoms with E-state index >= 15 is 0 Å². The van der Waals surface area contributed by atoms with Gasteiger partial charge in [0.1, 0.15) is 36.2 Å². The minimum Gasteiger partial charge on any atom is -0.490 e. The fourth-order valence-corrected chi connectivity index (χ4v) is 4.73. The van der Waals surface area contributed by atoms with E-state index in [1.807, 2.05) is 7.05 Å². The fraction of sp³-hybridized carbons (Fsp3) is 0.435. The van der Waals surface area contributed by atoms with E-state index in [1.165, 1.54) is 6.20 Å². The number of aliphatic hydroxyl groups is 1. The Balaban J connectivity index is 1.80. The first kappa shape index (κ1) is 22.8. The zero-order valence-corrected chi connectivity index (χ0v) is 18.5. The van der Waals surface area contributed by atoms with Gasteiger partial charge in [0.15, 0.2) is 6.29 Å². The zero-order valence-electron chi connectivity index (χ0n) is 18.5. The van der Waals surface area contributed by atoms with Crippen molar-refractivity contribution in [2.24, 2.45) is 5.73 Å². The highest BCUT2D eigenvalue weighted by Gasteiger charge is 2.48. The first-order valence-electron chi connectivity index (χ1n) is 11.0. The Kier molecular flexibility index (Phi) is 6.37. The molecule has 10 nitrogen and oxygen atoms in total. The van der Waals surface area contributed by atoms with Gasteiger partial charge in [-0.15, -0.1) is 4.48 Å². The van der Waals surface area contributed by atoms with Crippen LogP contribution in [-0.4, -0.2) is 65.1 Å². The van der Waals surface area contributed by atoms with Crippen LogP contribution in [0.1, 0.15) is 46.4 Å². The number of hydrogen-bond donors (Lipinski definition) is 2. The van der Waals surface area contributed by atoms with E-state index in [-0.39, 0.29) is 29.7 Å². The predicted molar refractivity (Wildman–Crippen MR) is 120 cm³/mol. The Bertz CT molecular complexity index is 1130. The molecule has 1 saturated heterocycles. The molecule has 0 radical (unpaired) electrons. The van der Waals surface area contributed by atoms with E-state index in [4.69, 9.17) is 10.5 Å². The Morgan fingerprint density at radius 3 is 2.91 bits per heavy atom. The number of aldehydes is 1. The number of quaternary nitrogens is 1. The quantitative estimate of drug-likeness (QED) is 0.500. The Morgan fingerprint density at radius 1 is 1.45 bits per heavy atom. The average molecular weight is 452 g/mol. The van der Waals surface area contributed by atoms with Gasteiger partial charge >= 0.3 is 6.03 Å². The zero-order chi connectivity index (χ0) is 23.6. The molecule has 1 fully saturated rings. The van der Waals surface area contributed by atoms with Crippen molar-refractivity contribution in [2.45, 2.75) is 38.3 Å². The summed E-state index contributed by atoms with van der Waals surface area (Å²) in [7, 11) is 2.04. The van der Waals surface area contributed by atoms with Crippen LogP contribution in [0, 0.1) is 11.3 Å². The van der Waals surface area contributed by atoms with Crippen molar-refractivity contribution < 1.29 is 19.4 Å². The van der Waals surface area contributed by atoms with E-state index in [9.17, 15) is 20.0 Å². The van der Waals surface area contributed by atoms with Gasteiger partial charge in [-0.05, 0) is 38.9 Å². The van der Waals surface area contributed by atoms with E-state index in [0.29, 0.717) is 49.4 Å². The molecular formula is C23H27N6O4+. The van der Waals surface area contributed by atoms with Gasteiger partial charge in [-0.2, -0.15) is 10.2 Å². The van der Waals surface area contributed by atoms with Gasteiger partial charge in [0.05, 0.1) is 18.9 Å². The van der Waals surface area contributed by atoms with Gasteiger partial charge in [0.25, 0.3) is 0 Å². The van der Waals surface area contributed by atoms with Crippen molar-refractivity contribution in [1.29, 1.82) is 5.26 Å². The van der Waals surface area contributed by atoms with Crippen molar-refractivity contribution in [3.05, 3.63) is 40.7 Å². The summed E-state index contributed by atoms with van der Waals surface area (Å²) in [4.78, 5) is 35.6. The van der Waals surface area contributed by atoms with Crippen LogP contribution in [0.5, 0.6) is 5.75 Å². The Morgan fingerprint density at radius 2 is 2.27 bits per heavy atom. The third-order valence-corrected chi connectivity index (χ3v) is 6.62. The number of carbonyl (C=O) groups excluding carboxylic acids is 2. The number of aryl methyl sites for hydroxylation is 1. The van der Waals surface area contributed by atoms with Crippen LogP contribution in [0.4, 0.5) is 16.4 Å². The Labute approximate surface area is 191 Å². The largest absolute Gasteiger partial charge is 0.490 e. The number of amides is 2. The molecule has 1 unspecified atom stereocenters. The van der Waals surface area contributed by atoms with Gasteiger partial charge in [0.2, 0.25) is 11.6 Å². The van der Waals surface area contributed by atoms with E-state index in [1.54, 1.807) is 12.1 Å². The highest BCUT2D eigenvalue weighted by Crippen LogP contribution is 2.41. The maximum atomic E-state index is 12.9. The first-order chi connectivity index (χ1) is 15.9. The molecule has 2 atom stereocenters. The fourth-order valence-electron chi connectivity index (χ4n) is 4.73. The summed E-state index contributed by atoms with van der Waals surface area (Å²) in [5.41, 5.74) is 7.35. The van der Waals surface area contributed by atoms with Crippen molar-refractivity contribution in [3.8, 4) is 11.8 Å². The van der Waals surface area contributed by atoms with Crippen LogP contribution in [-0.2, 0) is 13.0 Å². The summed E-state index contributed by atoms with van der Waals surface area (Å²) >= 11 is 0. The lowest BCUT2D eigenvalue weighted by atomic mass is 9.99. The maximum Gasteiger partial charge on any atom is 0.426 e. The molecule has 0 aliphatic carbocycles. The smallest absolute Gasteiger partial charge is 0.426 e. The van der Waals surface area contributed by atoms with Gasteiger partial charge < -0.3 is 20.5 Å². The molecule has 0 saturated carbocycles. The van der Waals surface area contributed by atoms with Gasteiger partial charge in [-0.25, -0.2) is 9.78 Å². The number of aliphatic hydroxyl groups excluding tert-OH is 1. The molecule has 172 valence electrons. The lowest BCUT2D eigenvalue weighted by molar-refractivity contribution is 0.111. The topological polar surface area (TPSA) is 142 Å². The van der Waals surface area contributed by atoms with E-state index < -0.39 is 10.5 Å². The van der Waals surface area contributed by atoms with Crippen molar-refractivity contribution in [3.63, 3.8) is 0 Å². The second-order valence-electron chi connectivity index (χ2n) is 8.50. The molecule has 0 bridgehead atoms. The number of urea groups is 1. The second-order valence-corrected chi connectivity index (χ2v) is 8.50. The number of ether oxygens (including phenoxy) is 1. The number of nitriles is 1. The lowest BCUT2D eigenvalue weighted by Crippen LogP contribution is -2.56. The maximum absolute atomic E-state index is 12.9. The SMILES string of the molecule is CN1CCCC1COc1cc([N@@+]2(C(N)=O)CCCc3cc(CO)c(C=O)nc32)ncc1C#N. The number of likely N-dealkylation sites (N-methyl/N-ethyl adjacent to an activating group) is 1. The summed E-state index contributed by atoms with van der Waals surface area (Å²) in [5.74, 6) is 0.918. The number of nitrogens with zero attached hydrogens (tertiary/aromatic N) is 5. The highest BCUT2D eigenvalue weighted by atomic mass is 16.5. The number of nitrogens with two attached hydrogens (primary N) is 1. The van der Waals surface area contributed by atoms with E-state index in [2.05, 4.69) is 20.9 Å². The minimum absolute atomic E-state index is 0.0521. The molecule has 0 spiro atoms. The summed E-state index contributed by atoms with van der Waals surface area (Å²) in [6.45, 7) is 1.37. The van der Waals surface area contributed by atoms with Gasteiger partial charge in [-0.3, -0.25) is 4.79 Å². The average Bonchev–Trinajstić information content (AvgIpc) is 3.25. The Hall–Kier alpha value is -3.39. The molecule has 10 heteroatoms. The number of carbonyl (C=O) groups is 2. The summed E-state index contributed by atoms with van der Waals surface area (Å²) in [6.07, 6.45) is 5.27. The van der Waals surface area contributed by atoms with Crippen LogP contribution in [0.15, 0.2) is 18.3 Å². The third kappa shape index (κ3) is 3.95. The molecule has 2 amide bonds. The molecule has 4 heterocycles. The molecule has 2 aromatic heterocycles. The van der Waals surface area contributed by atoms with Crippen LogP contribution >= 0.6 is 0 Å². The normalized spacial score (nSPS) is 22.4. The van der Waals surface area contributed by atoms with Crippen LogP contribution in [0.3, 0.4) is 0 Å². The molecule has 2 aromatic rings. The number of rotatable bonds is 6. The second kappa shape index (κ2) is 9.23. The summed E-state index contributed by atoms with van der Waals surface area (Å²) in [5, 5.41) is 19.2. The van der Waals surface area contributed by atoms with E-state index in [0.717, 1.165) is 24.9 Å². The predicted octanol–water partition coefficient (Wildman–Crippen LogP) is 1.79. The lowest BCUT2D eigenvalue weighted by Gasteiger charge is -2.35. The molecule has 2 aliphatic rings. The highest BCUT2D eigenvalue weighted by molar-refractivity contribution is 5.93. The van der Waals surface area contributed by atoms with Crippen molar-refractivity contribution >= 4 is 24.0 Å². The van der Waals surface area contributed by atoms with Crippen molar-refractivity contribution in [1.82, 2.24) is 19.4 Å².